The summed E-state index contributed by atoms with van der Waals surface area (Å²) in [5.41, 5.74) is 2.61. The molecule has 1 unspecified atom stereocenters. The lowest BCUT2D eigenvalue weighted by Gasteiger charge is -2.12. The van der Waals surface area contributed by atoms with Crippen LogP contribution in [0.5, 0.6) is 0 Å². The van der Waals surface area contributed by atoms with Crippen LogP contribution >= 0.6 is 0 Å². The number of hydrogen-bond acceptors (Lipinski definition) is 4. The lowest BCUT2D eigenvalue weighted by molar-refractivity contribution is 0.0718. The van der Waals surface area contributed by atoms with E-state index in [1.165, 1.54) is 0 Å². The van der Waals surface area contributed by atoms with Gasteiger partial charge in [-0.3, -0.25) is 4.90 Å². The van der Waals surface area contributed by atoms with Crippen molar-refractivity contribution in [1.82, 2.24) is 0 Å². The van der Waals surface area contributed by atoms with Crippen LogP contribution in [-0.4, -0.2) is 32.5 Å². The van der Waals surface area contributed by atoms with E-state index >= 15 is 0 Å². The molecule has 0 N–H and O–H groups in total. The number of carbonyl (C=O) groups is 1. The lowest BCUT2D eigenvalue weighted by Crippen LogP contribution is -2.25. The number of methoxy groups -OCH3 is 1. The van der Waals surface area contributed by atoms with Gasteiger partial charge in [0.1, 0.15) is 17.4 Å². The van der Waals surface area contributed by atoms with Gasteiger partial charge in [0.15, 0.2) is 0 Å². The summed E-state index contributed by atoms with van der Waals surface area (Å²) in [5, 5.41) is 0.953. The van der Waals surface area contributed by atoms with Crippen molar-refractivity contribution in [2.75, 3.05) is 25.2 Å². The van der Waals surface area contributed by atoms with E-state index in [0.717, 1.165) is 28.0 Å². The fourth-order valence-electron chi connectivity index (χ4n) is 2.95. The van der Waals surface area contributed by atoms with Gasteiger partial charge >= 0.3 is 6.09 Å². The van der Waals surface area contributed by atoms with Gasteiger partial charge in [0.2, 0.25) is 0 Å². The Bertz CT molecular complexity index is 871. The minimum Gasteiger partial charge on any atom is -0.456 e. The average molecular weight is 323 g/mol. The summed E-state index contributed by atoms with van der Waals surface area (Å²) in [4.78, 5) is 13.7. The van der Waals surface area contributed by atoms with Gasteiger partial charge in [-0.05, 0) is 24.3 Å². The molecule has 0 saturated carbocycles. The van der Waals surface area contributed by atoms with Crippen LogP contribution < -0.4 is 4.90 Å². The normalized spacial score (nSPS) is 17.5. The first-order chi connectivity index (χ1) is 11.7. The smallest absolute Gasteiger partial charge is 0.414 e. The summed E-state index contributed by atoms with van der Waals surface area (Å²) in [6.07, 6.45) is -0.578. The number of hydrogen-bond donors (Lipinski definition) is 0. The van der Waals surface area contributed by atoms with Crippen molar-refractivity contribution in [1.29, 1.82) is 0 Å². The maximum atomic E-state index is 12.0. The number of carbonyl (C=O) groups excluding carboxylic acids is 1. The minimum atomic E-state index is -0.344. The SMILES string of the molecule is COCC1CN(c2ccc3oc(-c4ccccc4)cc3c2)C(=O)O1. The van der Waals surface area contributed by atoms with Crippen LogP contribution in [0, 0.1) is 0 Å². The molecule has 1 saturated heterocycles. The number of nitrogens with zero attached hydrogens (tertiary/aromatic N) is 1. The number of rotatable bonds is 4. The van der Waals surface area contributed by atoms with Crippen LogP contribution in [0.3, 0.4) is 0 Å². The Morgan fingerprint density at radius 2 is 2.00 bits per heavy atom. The Morgan fingerprint density at radius 1 is 1.17 bits per heavy atom. The highest BCUT2D eigenvalue weighted by Crippen LogP contribution is 2.31. The highest BCUT2D eigenvalue weighted by Gasteiger charge is 2.32. The minimum absolute atomic E-state index is 0.234. The monoisotopic (exact) mass is 323 g/mol. The number of cyclic esters (lactones) is 1. The molecule has 0 aliphatic carbocycles. The van der Waals surface area contributed by atoms with E-state index in [2.05, 4.69) is 0 Å². The third-order valence-corrected chi connectivity index (χ3v) is 4.10. The molecule has 1 amide bonds. The molecular weight excluding hydrogens is 306 g/mol. The van der Waals surface area contributed by atoms with Crippen LogP contribution in [-0.2, 0) is 9.47 Å². The molecule has 122 valence electrons. The first kappa shape index (κ1) is 14.8. The Kier molecular flexibility index (Phi) is 3.70. The summed E-state index contributed by atoms with van der Waals surface area (Å²) < 4.78 is 16.3. The van der Waals surface area contributed by atoms with E-state index in [-0.39, 0.29) is 12.2 Å². The molecule has 2 aromatic carbocycles. The summed E-state index contributed by atoms with van der Waals surface area (Å²) in [6, 6.07) is 17.6. The lowest BCUT2D eigenvalue weighted by atomic mass is 10.1. The van der Waals surface area contributed by atoms with Gasteiger partial charge in [-0.15, -0.1) is 0 Å². The summed E-state index contributed by atoms with van der Waals surface area (Å²) in [5.74, 6) is 0.809. The fourth-order valence-corrected chi connectivity index (χ4v) is 2.95. The average Bonchev–Trinajstić information content (AvgIpc) is 3.18. The number of fused-ring (bicyclic) bond motifs is 1. The molecule has 1 fully saturated rings. The molecule has 3 aromatic rings. The van der Waals surface area contributed by atoms with Gasteiger partial charge in [-0.2, -0.15) is 0 Å². The predicted molar refractivity (Wildman–Crippen MR) is 91.1 cm³/mol. The quantitative estimate of drug-likeness (QED) is 0.726. The van der Waals surface area contributed by atoms with E-state index in [0.29, 0.717) is 13.2 Å². The van der Waals surface area contributed by atoms with Crippen LogP contribution in [0.4, 0.5) is 10.5 Å². The number of amides is 1. The molecular formula is C19H17NO4. The van der Waals surface area contributed by atoms with Gasteiger partial charge in [-0.1, -0.05) is 30.3 Å². The summed E-state index contributed by atoms with van der Waals surface area (Å²) in [6.45, 7) is 0.885. The Hall–Kier alpha value is -2.79. The molecule has 1 aliphatic rings. The second-order valence-corrected chi connectivity index (χ2v) is 5.77. The van der Waals surface area contributed by atoms with Crippen LogP contribution in [0.1, 0.15) is 0 Å². The standard InChI is InChI=1S/C19H17NO4/c1-22-12-16-11-20(19(21)23-16)15-7-8-17-14(9-15)10-18(24-17)13-5-3-2-4-6-13/h2-10,16H,11-12H2,1H3. The van der Waals surface area contributed by atoms with Crippen molar-refractivity contribution in [3.63, 3.8) is 0 Å². The Morgan fingerprint density at radius 3 is 2.79 bits per heavy atom. The molecule has 1 aromatic heterocycles. The van der Waals surface area contributed by atoms with E-state index < -0.39 is 0 Å². The first-order valence-corrected chi connectivity index (χ1v) is 7.81. The van der Waals surface area contributed by atoms with Crippen molar-refractivity contribution in [3.05, 3.63) is 54.6 Å². The molecule has 0 radical (unpaired) electrons. The fraction of sp³-hybridized carbons (Fsp3) is 0.211. The zero-order chi connectivity index (χ0) is 16.5. The first-order valence-electron chi connectivity index (χ1n) is 7.81. The van der Waals surface area contributed by atoms with E-state index in [4.69, 9.17) is 13.9 Å². The van der Waals surface area contributed by atoms with Gasteiger partial charge in [-0.25, -0.2) is 4.79 Å². The largest absolute Gasteiger partial charge is 0.456 e. The Balaban J connectivity index is 1.65. The number of furan rings is 1. The van der Waals surface area contributed by atoms with Crippen LogP contribution in [0.2, 0.25) is 0 Å². The second kappa shape index (κ2) is 6.02. The van der Waals surface area contributed by atoms with Gasteiger partial charge in [0.25, 0.3) is 0 Å². The zero-order valence-corrected chi connectivity index (χ0v) is 13.3. The predicted octanol–water partition coefficient (Wildman–Crippen LogP) is 4.07. The molecule has 1 aliphatic heterocycles. The van der Waals surface area contributed by atoms with Crippen molar-refractivity contribution in [2.24, 2.45) is 0 Å². The molecule has 1 atom stereocenters. The van der Waals surface area contributed by atoms with Crippen molar-refractivity contribution in [2.45, 2.75) is 6.10 Å². The second-order valence-electron chi connectivity index (χ2n) is 5.77. The van der Waals surface area contributed by atoms with E-state index in [1.807, 2.05) is 54.6 Å². The van der Waals surface area contributed by atoms with E-state index in [1.54, 1.807) is 12.0 Å². The van der Waals surface area contributed by atoms with Crippen molar-refractivity contribution < 1.29 is 18.7 Å². The number of benzene rings is 2. The van der Waals surface area contributed by atoms with Crippen LogP contribution in [0.15, 0.2) is 59.0 Å². The molecule has 0 bridgehead atoms. The topological polar surface area (TPSA) is 51.9 Å². The van der Waals surface area contributed by atoms with Gasteiger partial charge < -0.3 is 13.9 Å². The highest BCUT2D eigenvalue weighted by atomic mass is 16.6. The third-order valence-electron chi connectivity index (χ3n) is 4.10. The highest BCUT2D eigenvalue weighted by molar-refractivity contribution is 5.94. The molecule has 0 spiro atoms. The van der Waals surface area contributed by atoms with Crippen molar-refractivity contribution >= 4 is 22.7 Å². The molecule has 24 heavy (non-hydrogen) atoms. The Labute approximate surface area is 139 Å². The maximum absolute atomic E-state index is 12.0. The summed E-state index contributed by atoms with van der Waals surface area (Å²) in [7, 11) is 1.60. The third kappa shape index (κ3) is 2.63. The molecule has 2 heterocycles. The van der Waals surface area contributed by atoms with Gasteiger partial charge in [0.05, 0.1) is 13.2 Å². The molecule has 5 nitrogen and oxygen atoms in total. The zero-order valence-electron chi connectivity index (χ0n) is 13.3. The maximum Gasteiger partial charge on any atom is 0.414 e. The van der Waals surface area contributed by atoms with Crippen molar-refractivity contribution in [3.8, 4) is 11.3 Å². The van der Waals surface area contributed by atoms with Gasteiger partial charge in [0, 0.05) is 23.7 Å². The van der Waals surface area contributed by atoms with E-state index in [9.17, 15) is 4.79 Å². The summed E-state index contributed by atoms with van der Waals surface area (Å²) >= 11 is 0. The van der Waals surface area contributed by atoms with Crippen LogP contribution in [0.25, 0.3) is 22.3 Å². The number of ether oxygens (including phenoxy) is 2. The molecule has 5 heteroatoms. The molecule has 4 rings (SSSR count). The number of anilines is 1.